The van der Waals surface area contributed by atoms with E-state index >= 15 is 4.39 Å². The zero-order chi connectivity index (χ0) is 27.1. The number of ether oxygens (including phenoxy) is 1. The Morgan fingerprint density at radius 3 is 2.47 bits per heavy atom. The Morgan fingerprint density at radius 2 is 1.79 bits per heavy atom. The quantitative estimate of drug-likeness (QED) is 0.406. The topological polar surface area (TPSA) is 53.5 Å². The maximum absolute atomic E-state index is 15.2. The lowest BCUT2D eigenvalue weighted by Gasteiger charge is -2.39. The summed E-state index contributed by atoms with van der Waals surface area (Å²) in [5, 5.41) is 2.96. The molecule has 1 aromatic heterocycles. The van der Waals surface area contributed by atoms with Gasteiger partial charge in [-0.3, -0.25) is 0 Å². The number of nitrogens with zero attached hydrogens (tertiary/aromatic N) is 4. The standard InChI is InChI=1S/C29H32F3N5O/c1-16(2)37-17(3)18(4)38-28-24(31)12-20(13-26(28)37)27-25(32)15-33-29(35-27)34-21-6-7-22(23(30)14-21)19-8-10-36(5)11-9-19/h6-7,12-16,18-19H,3,8-11H2,1-2,4-5H3,(H,33,34,35). The van der Waals surface area contributed by atoms with Crippen molar-refractivity contribution in [3.8, 4) is 17.0 Å². The van der Waals surface area contributed by atoms with Crippen LogP contribution in [0.3, 0.4) is 0 Å². The van der Waals surface area contributed by atoms with E-state index in [-0.39, 0.29) is 40.7 Å². The minimum atomic E-state index is -0.710. The molecule has 0 aliphatic carbocycles. The fourth-order valence-electron chi connectivity index (χ4n) is 5.23. The summed E-state index contributed by atoms with van der Waals surface area (Å²) in [6, 6.07) is 7.77. The second kappa shape index (κ2) is 10.3. The van der Waals surface area contributed by atoms with Crippen LogP contribution in [0.5, 0.6) is 5.75 Å². The van der Waals surface area contributed by atoms with Gasteiger partial charge in [-0.25, -0.2) is 23.1 Å². The van der Waals surface area contributed by atoms with Gasteiger partial charge >= 0.3 is 0 Å². The van der Waals surface area contributed by atoms with Gasteiger partial charge in [0.1, 0.15) is 17.6 Å². The van der Waals surface area contributed by atoms with Gasteiger partial charge in [-0.15, -0.1) is 0 Å². The number of fused-ring (bicyclic) bond motifs is 1. The second-order valence-corrected chi connectivity index (χ2v) is 10.4. The number of nitrogens with one attached hydrogen (secondary N) is 1. The van der Waals surface area contributed by atoms with Crippen LogP contribution in [0.15, 0.2) is 48.8 Å². The van der Waals surface area contributed by atoms with E-state index < -0.39 is 17.7 Å². The van der Waals surface area contributed by atoms with Crippen molar-refractivity contribution in [3.63, 3.8) is 0 Å². The summed E-state index contributed by atoms with van der Waals surface area (Å²) < 4.78 is 50.8. The molecular formula is C29H32F3N5O. The molecule has 1 saturated heterocycles. The number of piperidine rings is 1. The Morgan fingerprint density at radius 1 is 1.05 bits per heavy atom. The number of hydrogen-bond donors (Lipinski definition) is 1. The fourth-order valence-corrected chi connectivity index (χ4v) is 5.23. The summed E-state index contributed by atoms with van der Waals surface area (Å²) in [6.07, 6.45) is 2.44. The summed E-state index contributed by atoms with van der Waals surface area (Å²) in [6.45, 7) is 11.7. The average Bonchev–Trinajstić information content (AvgIpc) is 2.87. The number of benzene rings is 2. The number of hydrogen-bond acceptors (Lipinski definition) is 6. The third-order valence-corrected chi connectivity index (χ3v) is 7.31. The number of likely N-dealkylation sites (tertiary alicyclic amines) is 1. The third kappa shape index (κ3) is 4.95. The van der Waals surface area contributed by atoms with Crippen LogP contribution in [0.2, 0.25) is 0 Å². The van der Waals surface area contributed by atoms with Crippen LogP contribution in [0.25, 0.3) is 11.3 Å². The first-order valence-corrected chi connectivity index (χ1v) is 12.9. The van der Waals surface area contributed by atoms with E-state index in [1.165, 1.54) is 12.1 Å². The molecule has 0 amide bonds. The molecule has 1 fully saturated rings. The van der Waals surface area contributed by atoms with Gasteiger partial charge in [-0.2, -0.15) is 0 Å². The van der Waals surface area contributed by atoms with Gasteiger partial charge in [-0.05, 0) is 89.5 Å². The minimum absolute atomic E-state index is 0.0258. The Balaban J connectivity index is 1.44. The van der Waals surface area contributed by atoms with Crippen LogP contribution in [0.4, 0.5) is 30.5 Å². The predicted molar refractivity (Wildman–Crippen MR) is 143 cm³/mol. The molecule has 0 saturated carbocycles. The van der Waals surface area contributed by atoms with Crippen LogP contribution in [-0.4, -0.2) is 47.2 Å². The van der Waals surface area contributed by atoms with Crippen molar-refractivity contribution in [1.82, 2.24) is 14.9 Å². The minimum Gasteiger partial charge on any atom is -0.479 e. The Hall–Kier alpha value is -3.59. The molecule has 3 heterocycles. The second-order valence-electron chi connectivity index (χ2n) is 10.4. The smallest absolute Gasteiger partial charge is 0.227 e. The van der Waals surface area contributed by atoms with E-state index in [9.17, 15) is 8.78 Å². The molecule has 3 aromatic rings. The van der Waals surface area contributed by atoms with Crippen molar-refractivity contribution in [1.29, 1.82) is 0 Å². The van der Waals surface area contributed by atoms with E-state index in [1.54, 1.807) is 25.1 Å². The van der Waals surface area contributed by atoms with Crippen LogP contribution in [0, 0.1) is 17.5 Å². The maximum atomic E-state index is 15.2. The van der Waals surface area contributed by atoms with Crippen molar-refractivity contribution in [2.45, 2.75) is 51.7 Å². The monoisotopic (exact) mass is 523 g/mol. The number of rotatable bonds is 5. The molecule has 2 aliphatic heterocycles. The van der Waals surface area contributed by atoms with Crippen LogP contribution in [0.1, 0.15) is 45.1 Å². The van der Waals surface area contributed by atoms with Crippen LogP contribution >= 0.6 is 0 Å². The van der Waals surface area contributed by atoms with Crippen molar-refractivity contribution in [2.75, 3.05) is 30.4 Å². The molecule has 0 spiro atoms. The lowest BCUT2D eigenvalue weighted by Crippen LogP contribution is -2.40. The molecule has 6 nitrogen and oxygen atoms in total. The van der Waals surface area contributed by atoms with Crippen LogP contribution < -0.4 is 15.0 Å². The van der Waals surface area contributed by atoms with Gasteiger partial charge in [0.25, 0.3) is 0 Å². The highest BCUT2D eigenvalue weighted by molar-refractivity contribution is 5.75. The van der Waals surface area contributed by atoms with Crippen molar-refractivity contribution < 1.29 is 17.9 Å². The first kappa shape index (κ1) is 26.0. The highest BCUT2D eigenvalue weighted by Gasteiger charge is 2.32. The molecule has 2 aliphatic rings. The Bertz CT molecular complexity index is 1370. The molecule has 9 heteroatoms. The normalized spacial score (nSPS) is 18.5. The zero-order valence-electron chi connectivity index (χ0n) is 22.1. The molecule has 38 heavy (non-hydrogen) atoms. The van der Waals surface area contributed by atoms with Gasteiger partial charge in [0.05, 0.1) is 17.6 Å². The Labute approximate surface area is 221 Å². The maximum Gasteiger partial charge on any atom is 0.227 e. The average molecular weight is 524 g/mol. The molecular weight excluding hydrogens is 491 g/mol. The number of halogens is 3. The molecule has 1 atom stereocenters. The highest BCUT2D eigenvalue weighted by atomic mass is 19.1. The molecule has 2 aromatic carbocycles. The summed E-state index contributed by atoms with van der Waals surface area (Å²) in [7, 11) is 2.07. The molecule has 0 radical (unpaired) electrons. The van der Waals surface area contributed by atoms with Crippen molar-refractivity contribution in [3.05, 3.63) is 71.8 Å². The van der Waals surface area contributed by atoms with Gasteiger partial charge in [-0.1, -0.05) is 12.6 Å². The van der Waals surface area contributed by atoms with Gasteiger partial charge < -0.3 is 19.9 Å². The lowest BCUT2D eigenvalue weighted by atomic mass is 9.89. The Kier molecular flexibility index (Phi) is 7.05. The zero-order valence-corrected chi connectivity index (χ0v) is 22.1. The summed E-state index contributed by atoms with van der Waals surface area (Å²) in [4.78, 5) is 12.4. The fraction of sp³-hybridized carbons (Fsp3) is 0.379. The van der Waals surface area contributed by atoms with E-state index in [0.29, 0.717) is 22.6 Å². The summed E-state index contributed by atoms with van der Waals surface area (Å²) >= 11 is 0. The first-order chi connectivity index (χ1) is 18.1. The van der Waals surface area contributed by atoms with E-state index in [2.05, 4.69) is 33.8 Å². The SMILES string of the molecule is C=C1C(C)Oc2c(F)cc(-c3nc(Nc4ccc(C5CCN(C)CC5)c(F)c4)ncc3F)cc2N1C(C)C. The van der Waals surface area contributed by atoms with Crippen molar-refractivity contribution in [2.24, 2.45) is 0 Å². The van der Waals surface area contributed by atoms with Crippen LogP contribution in [-0.2, 0) is 0 Å². The van der Waals surface area contributed by atoms with E-state index in [4.69, 9.17) is 4.74 Å². The summed E-state index contributed by atoms with van der Waals surface area (Å²) in [5.74, 6) is -1.29. The van der Waals surface area contributed by atoms with Crippen molar-refractivity contribution >= 4 is 17.3 Å². The molecule has 1 unspecified atom stereocenters. The highest BCUT2D eigenvalue weighted by Crippen LogP contribution is 2.43. The van der Waals surface area contributed by atoms with E-state index in [0.717, 1.165) is 32.1 Å². The van der Waals surface area contributed by atoms with E-state index in [1.807, 2.05) is 18.7 Å². The molecule has 200 valence electrons. The number of anilines is 3. The largest absolute Gasteiger partial charge is 0.479 e. The lowest BCUT2D eigenvalue weighted by molar-refractivity contribution is 0.229. The van der Waals surface area contributed by atoms with Gasteiger partial charge in [0, 0.05) is 17.3 Å². The first-order valence-electron chi connectivity index (χ1n) is 12.9. The molecule has 1 N–H and O–H groups in total. The molecule has 0 bridgehead atoms. The third-order valence-electron chi connectivity index (χ3n) is 7.31. The number of aromatic nitrogens is 2. The van der Waals surface area contributed by atoms with Gasteiger partial charge in [0.15, 0.2) is 17.4 Å². The van der Waals surface area contributed by atoms with Gasteiger partial charge in [0.2, 0.25) is 5.95 Å². The predicted octanol–water partition coefficient (Wildman–Crippen LogP) is 6.62. The summed E-state index contributed by atoms with van der Waals surface area (Å²) in [5.41, 5.74) is 2.42. The molecule has 5 rings (SSSR count).